The first-order chi connectivity index (χ1) is 7.04. The van der Waals surface area contributed by atoms with Crippen molar-refractivity contribution in [3.63, 3.8) is 0 Å². The van der Waals surface area contributed by atoms with E-state index in [9.17, 15) is 9.59 Å². The van der Waals surface area contributed by atoms with Gasteiger partial charge in [0, 0.05) is 0 Å². The van der Waals surface area contributed by atoms with Crippen LogP contribution in [0.3, 0.4) is 0 Å². The van der Waals surface area contributed by atoms with Crippen molar-refractivity contribution in [2.24, 2.45) is 0 Å². The first-order valence-electron chi connectivity index (χ1n) is 4.32. The van der Waals surface area contributed by atoms with Crippen molar-refractivity contribution < 1.29 is 14.3 Å². The van der Waals surface area contributed by atoms with Gasteiger partial charge in [-0.1, -0.05) is 0 Å². The Hall–Kier alpha value is -1.92. The largest absolute Gasteiger partial charge is 0.467 e. The number of rotatable bonds is 3. The van der Waals surface area contributed by atoms with Crippen LogP contribution in [0.15, 0.2) is 0 Å². The maximum atomic E-state index is 11.4. The van der Waals surface area contributed by atoms with E-state index in [4.69, 9.17) is 0 Å². The molecule has 0 radical (unpaired) electrons. The average Bonchev–Trinajstić information content (AvgIpc) is 2.63. The van der Waals surface area contributed by atoms with E-state index in [2.05, 4.69) is 25.2 Å². The van der Waals surface area contributed by atoms with E-state index in [-0.39, 0.29) is 5.82 Å². The second-order valence-electron chi connectivity index (χ2n) is 2.96. The monoisotopic (exact) mass is 212 g/mol. The van der Waals surface area contributed by atoms with Crippen LogP contribution >= 0.6 is 0 Å². The van der Waals surface area contributed by atoms with Crippen LogP contribution in [0.2, 0.25) is 0 Å². The van der Waals surface area contributed by atoms with Gasteiger partial charge in [-0.15, -0.1) is 5.10 Å². The molecule has 1 aromatic rings. The van der Waals surface area contributed by atoms with Gasteiger partial charge in [0.05, 0.1) is 7.11 Å². The summed E-state index contributed by atoms with van der Waals surface area (Å²) < 4.78 is 4.45. The van der Waals surface area contributed by atoms with Crippen molar-refractivity contribution in [3.05, 3.63) is 11.6 Å². The van der Waals surface area contributed by atoms with Gasteiger partial charge < -0.3 is 10.1 Å². The van der Waals surface area contributed by atoms with Crippen LogP contribution in [-0.4, -0.2) is 40.2 Å². The van der Waals surface area contributed by atoms with Crippen molar-refractivity contribution in [2.45, 2.75) is 19.9 Å². The molecule has 0 aromatic carbocycles. The Kier molecular flexibility index (Phi) is 3.37. The summed E-state index contributed by atoms with van der Waals surface area (Å²) in [5, 5.41) is 8.58. The van der Waals surface area contributed by atoms with Gasteiger partial charge in [-0.2, -0.15) is 0 Å². The fourth-order valence-electron chi connectivity index (χ4n) is 0.941. The first-order valence-corrected chi connectivity index (χ1v) is 4.32. The van der Waals surface area contributed by atoms with Crippen molar-refractivity contribution in [1.82, 2.24) is 20.5 Å². The van der Waals surface area contributed by atoms with E-state index in [0.717, 1.165) is 0 Å². The van der Waals surface area contributed by atoms with E-state index >= 15 is 0 Å². The summed E-state index contributed by atoms with van der Waals surface area (Å²) >= 11 is 0. The highest BCUT2D eigenvalue weighted by atomic mass is 16.5. The van der Waals surface area contributed by atoms with Gasteiger partial charge in [-0.25, -0.2) is 9.78 Å². The Balaban J connectivity index is 2.60. The predicted octanol–water partition coefficient (Wildman–Crippen LogP) is -0.596. The van der Waals surface area contributed by atoms with E-state index < -0.39 is 17.9 Å². The van der Waals surface area contributed by atoms with Crippen LogP contribution in [0.4, 0.5) is 0 Å². The number of nitrogens with one attached hydrogen (secondary N) is 2. The molecule has 0 bridgehead atoms. The molecule has 1 heterocycles. The van der Waals surface area contributed by atoms with Gasteiger partial charge in [0.15, 0.2) is 0 Å². The lowest BCUT2D eigenvalue weighted by Gasteiger charge is -2.09. The van der Waals surface area contributed by atoms with Gasteiger partial charge in [0.25, 0.3) is 5.91 Å². The van der Waals surface area contributed by atoms with Crippen molar-refractivity contribution >= 4 is 11.9 Å². The quantitative estimate of drug-likeness (QED) is 0.652. The molecule has 0 aliphatic rings. The fourth-order valence-corrected chi connectivity index (χ4v) is 0.941. The van der Waals surface area contributed by atoms with Gasteiger partial charge in [0.1, 0.15) is 11.9 Å². The average molecular weight is 212 g/mol. The summed E-state index contributed by atoms with van der Waals surface area (Å²) in [6, 6.07) is -0.721. The normalized spacial score (nSPS) is 11.9. The summed E-state index contributed by atoms with van der Waals surface area (Å²) in [6.45, 7) is 3.19. The molecule has 0 spiro atoms. The lowest BCUT2D eigenvalue weighted by atomic mass is 10.3. The number of esters is 1. The minimum atomic E-state index is -0.721. The minimum Gasteiger partial charge on any atom is -0.467 e. The van der Waals surface area contributed by atoms with Crippen LogP contribution in [0.25, 0.3) is 0 Å². The molecule has 15 heavy (non-hydrogen) atoms. The number of aryl methyl sites for hydroxylation is 1. The highest BCUT2D eigenvalue weighted by Crippen LogP contribution is 1.93. The third-order valence-corrected chi connectivity index (χ3v) is 1.70. The SMILES string of the molecule is COC(=O)[C@H](C)NC(=O)c1n[nH]c(C)n1. The Bertz CT molecular complexity index is 374. The third-order valence-electron chi connectivity index (χ3n) is 1.70. The zero-order valence-corrected chi connectivity index (χ0v) is 8.70. The molecule has 0 saturated carbocycles. The van der Waals surface area contributed by atoms with Gasteiger partial charge in [-0.3, -0.25) is 9.89 Å². The summed E-state index contributed by atoms with van der Waals surface area (Å²) in [5.74, 6) is -0.498. The van der Waals surface area contributed by atoms with Gasteiger partial charge in [0.2, 0.25) is 5.82 Å². The highest BCUT2D eigenvalue weighted by Gasteiger charge is 2.19. The summed E-state index contributed by atoms with van der Waals surface area (Å²) in [7, 11) is 1.25. The first kappa shape index (κ1) is 11.2. The van der Waals surface area contributed by atoms with E-state index in [1.807, 2.05) is 0 Å². The number of aromatic amines is 1. The molecule has 1 rings (SSSR count). The lowest BCUT2D eigenvalue weighted by molar-refractivity contribution is -0.142. The topological polar surface area (TPSA) is 97.0 Å². The van der Waals surface area contributed by atoms with Crippen molar-refractivity contribution in [1.29, 1.82) is 0 Å². The van der Waals surface area contributed by atoms with E-state index in [0.29, 0.717) is 5.82 Å². The van der Waals surface area contributed by atoms with Crippen molar-refractivity contribution in [3.8, 4) is 0 Å². The number of aromatic nitrogens is 3. The second kappa shape index (κ2) is 4.54. The van der Waals surface area contributed by atoms with Gasteiger partial charge in [-0.05, 0) is 13.8 Å². The molecule has 2 N–H and O–H groups in total. The lowest BCUT2D eigenvalue weighted by Crippen LogP contribution is -2.39. The number of amides is 1. The third kappa shape index (κ3) is 2.76. The van der Waals surface area contributed by atoms with Gasteiger partial charge >= 0.3 is 5.97 Å². The number of carbonyl (C=O) groups is 2. The van der Waals surface area contributed by atoms with Crippen LogP contribution in [0.1, 0.15) is 23.4 Å². The minimum absolute atomic E-state index is 0.00301. The highest BCUT2D eigenvalue weighted by molar-refractivity contribution is 5.93. The zero-order valence-electron chi connectivity index (χ0n) is 8.70. The standard InChI is InChI=1S/C8H12N4O3/c1-4(8(14)15-3)9-7(13)6-10-5(2)11-12-6/h4H,1-3H3,(H,9,13)(H,10,11,12)/t4-/m0/s1. The maximum Gasteiger partial charge on any atom is 0.328 e. The molecule has 0 fully saturated rings. The molecule has 0 aliphatic heterocycles. The van der Waals surface area contributed by atoms with E-state index in [1.165, 1.54) is 14.0 Å². The molecule has 0 unspecified atom stereocenters. The Morgan fingerprint density at radius 3 is 2.67 bits per heavy atom. The summed E-state index contributed by atoms with van der Waals surface area (Å²) in [5.41, 5.74) is 0. The molecule has 7 heteroatoms. The molecule has 0 aliphatic carbocycles. The Labute approximate surface area is 86.2 Å². The van der Waals surface area contributed by atoms with Crippen LogP contribution in [0, 0.1) is 6.92 Å². The number of methoxy groups -OCH3 is 1. The summed E-state index contributed by atoms with van der Waals surface area (Å²) in [4.78, 5) is 26.2. The molecule has 1 atom stereocenters. The van der Waals surface area contributed by atoms with Crippen LogP contribution < -0.4 is 5.32 Å². The molecule has 82 valence electrons. The number of hydrogen-bond donors (Lipinski definition) is 2. The number of nitrogens with zero attached hydrogens (tertiary/aromatic N) is 2. The fraction of sp³-hybridized carbons (Fsp3) is 0.500. The number of H-pyrrole nitrogens is 1. The number of ether oxygens (including phenoxy) is 1. The molecule has 1 amide bonds. The molecule has 7 nitrogen and oxygen atoms in total. The molecule has 1 aromatic heterocycles. The molecular weight excluding hydrogens is 200 g/mol. The second-order valence-corrected chi connectivity index (χ2v) is 2.96. The van der Waals surface area contributed by atoms with E-state index in [1.54, 1.807) is 6.92 Å². The number of carbonyl (C=O) groups excluding carboxylic acids is 2. The maximum absolute atomic E-state index is 11.4. The van der Waals surface area contributed by atoms with Crippen LogP contribution in [-0.2, 0) is 9.53 Å². The van der Waals surface area contributed by atoms with Crippen LogP contribution in [0.5, 0.6) is 0 Å². The zero-order chi connectivity index (χ0) is 11.4. The Morgan fingerprint density at radius 2 is 2.20 bits per heavy atom. The predicted molar refractivity (Wildman–Crippen MR) is 50.1 cm³/mol. The Morgan fingerprint density at radius 1 is 1.53 bits per heavy atom. The summed E-state index contributed by atoms with van der Waals surface area (Å²) in [6.07, 6.45) is 0. The number of hydrogen-bond acceptors (Lipinski definition) is 5. The smallest absolute Gasteiger partial charge is 0.328 e. The molecule has 0 saturated heterocycles. The van der Waals surface area contributed by atoms with Crippen molar-refractivity contribution in [2.75, 3.05) is 7.11 Å². The molecular formula is C8H12N4O3.